The molecule has 0 atom stereocenters. The maximum Gasteiger partial charge on any atom is 0.191 e. The summed E-state index contributed by atoms with van der Waals surface area (Å²) in [6.07, 6.45) is 5.79. The van der Waals surface area contributed by atoms with E-state index in [1.165, 1.54) is 37.4 Å². The Morgan fingerprint density at radius 3 is 2.71 bits per heavy atom. The zero-order chi connectivity index (χ0) is 17.4. The highest BCUT2D eigenvalue weighted by molar-refractivity contribution is 7.09. The summed E-state index contributed by atoms with van der Waals surface area (Å²) in [6, 6.07) is 1.20. The first-order valence-corrected chi connectivity index (χ1v) is 10.1. The molecule has 1 aromatic heterocycles. The van der Waals surface area contributed by atoms with E-state index in [0.717, 1.165) is 31.0 Å². The number of nitrogens with zero attached hydrogens (tertiary/aromatic N) is 3. The molecule has 0 saturated carbocycles. The molecule has 5 nitrogen and oxygen atoms in total. The van der Waals surface area contributed by atoms with Crippen molar-refractivity contribution in [2.24, 2.45) is 4.99 Å². The predicted octanol–water partition coefficient (Wildman–Crippen LogP) is 2.81. The van der Waals surface area contributed by atoms with Gasteiger partial charge < -0.3 is 15.5 Å². The second-order valence-electron chi connectivity index (χ2n) is 6.89. The van der Waals surface area contributed by atoms with Gasteiger partial charge in [-0.2, -0.15) is 0 Å². The number of thiazole rings is 1. The van der Waals surface area contributed by atoms with E-state index in [-0.39, 0.29) is 0 Å². The number of aromatic nitrogens is 1. The second kappa shape index (κ2) is 9.99. The van der Waals surface area contributed by atoms with Crippen LogP contribution in [0, 0.1) is 6.92 Å². The van der Waals surface area contributed by atoms with Crippen molar-refractivity contribution in [2.45, 2.75) is 65.0 Å². The minimum atomic E-state index is 0.546. The molecule has 0 bridgehead atoms. The maximum absolute atomic E-state index is 4.51. The Labute approximate surface area is 151 Å². The van der Waals surface area contributed by atoms with Gasteiger partial charge in [-0.1, -0.05) is 0 Å². The monoisotopic (exact) mass is 351 g/mol. The van der Waals surface area contributed by atoms with Crippen LogP contribution in [-0.2, 0) is 6.42 Å². The third kappa shape index (κ3) is 6.40. The largest absolute Gasteiger partial charge is 0.356 e. The van der Waals surface area contributed by atoms with Crippen molar-refractivity contribution in [3.8, 4) is 0 Å². The Kier molecular flexibility index (Phi) is 7.99. The first-order chi connectivity index (χ1) is 11.6. The molecule has 0 unspecified atom stereocenters. The SMILES string of the molecule is CN=C(NCCCCc1nc(C)cs1)NC1CCN(C(C)C)CC1. The van der Waals surface area contributed by atoms with Gasteiger partial charge in [0, 0.05) is 49.8 Å². The molecule has 1 fully saturated rings. The number of aliphatic imine (C=N–C) groups is 1. The highest BCUT2D eigenvalue weighted by Crippen LogP contribution is 2.13. The fourth-order valence-corrected chi connectivity index (χ4v) is 3.89. The number of unbranched alkanes of at least 4 members (excludes halogenated alkanes) is 1. The van der Waals surface area contributed by atoms with Crippen LogP contribution >= 0.6 is 11.3 Å². The summed E-state index contributed by atoms with van der Waals surface area (Å²) in [6.45, 7) is 9.94. The third-order valence-corrected chi connectivity index (χ3v) is 5.63. The van der Waals surface area contributed by atoms with Gasteiger partial charge in [0.15, 0.2) is 5.96 Å². The Balaban J connectivity index is 1.59. The zero-order valence-corrected chi connectivity index (χ0v) is 16.5. The smallest absolute Gasteiger partial charge is 0.191 e. The number of hydrogen-bond donors (Lipinski definition) is 2. The van der Waals surface area contributed by atoms with Crippen molar-refractivity contribution in [1.82, 2.24) is 20.5 Å². The molecule has 0 aliphatic carbocycles. The number of aryl methyl sites for hydroxylation is 2. The Morgan fingerprint density at radius 1 is 1.38 bits per heavy atom. The highest BCUT2D eigenvalue weighted by Gasteiger charge is 2.21. The van der Waals surface area contributed by atoms with Crippen LogP contribution < -0.4 is 10.6 Å². The van der Waals surface area contributed by atoms with Gasteiger partial charge in [0.1, 0.15) is 0 Å². The summed E-state index contributed by atoms with van der Waals surface area (Å²) in [4.78, 5) is 11.4. The summed E-state index contributed by atoms with van der Waals surface area (Å²) < 4.78 is 0. The highest BCUT2D eigenvalue weighted by atomic mass is 32.1. The van der Waals surface area contributed by atoms with Crippen LogP contribution in [0.1, 0.15) is 50.2 Å². The van der Waals surface area contributed by atoms with Gasteiger partial charge in [0.25, 0.3) is 0 Å². The number of guanidine groups is 1. The minimum absolute atomic E-state index is 0.546. The van der Waals surface area contributed by atoms with Crippen LogP contribution in [0.4, 0.5) is 0 Å². The van der Waals surface area contributed by atoms with E-state index >= 15 is 0 Å². The van der Waals surface area contributed by atoms with E-state index in [1.54, 1.807) is 11.3 Å². The van der Waals surface area contributed by atoms with Crippen molar-refractivity contribution in [2.75, 3.05) is 26.7 Å². The van der Waals surface area contributed by atoms with E-state index in [0.29, 0.717) is 12.1 Å². The lowest BCUT2D eigenvalue weighted by Crippen LogP contribution is -2.49. The average molecular weight is 352 g/mol. The molecule has 0 aromatic carbocycles. The summed E-state index contributed by atoms with van der Waals surface area (Å²) >= 11 is 1.77. The van der Waals surface area contributed by atoms with Gasteiger partial charge in [-0.3, -0.25) is 4.99 Å². The van der Waals surface area contributed by atoms with Crippen molar-refractivity contribution < 1.29 is 0 Å². The van der Waals surface area contributed by atoms with E-state index < -0.39 is 0 Å². The molecule has 1 aliphatic rings. The molecular formula is C18H33N5S. The van der Waals surface area contributed by atoms with Gasteiger partial charge in [-0.15, -0.1) is 11.3 Å². The van der Waals surface area contributed by atoms with Crippen LogP contribution in [0.2, 0.25) is 0 Å². The van der Waals surface area contributed by atoms with E-state index in [2.05, 4.69) is 51.7 Å². The standard InChI is InChI=1S/C18H33N5S/c1-14(2)23-11-8-16(9-12-23)22-18(19-4)20-10-6-5-7-17-21-15(3)13-24-17/h13-14,16H,5-12H2,1-4H3,(H2,19,20,22). The predicted molar refractivity (Wildman–Crippen MR) is 104 cm³/mol. The topological polar surface area (TPSA) is 52.6 Å². The molecular weight excluding hydrogens is 318 g/mol. The molecule has 0 amide bonds. The summed E-state index contributed by atoms with van der Waals surface area (Å²) in [5.74, 6) is 0.947. The lowest BCUT2D eigenvalue weighted by atomic mass is 10.0. The van der Waals surface area contributed by atoms with Crippen molar-refractivity contribution in [1.29, 1.82) is 0 Å². The van der Waals surface area contributed by atoms with Crippen molar-refractivity contribution in [3.05, 3.63) is 16.1 Å². The third-order valence-electron chi connectivity index (χ3n) is 4.60. The molecule has 2 rings (SSSR count). The average Bonchev–Trinajstić information content (AvgIpc) is 2.99. The molecule has 136 valence electrons. The first kappa shape index (κ1) is 19.2. The summed E-state index contributed by atoms with van der Waals surface area (Å²) in [5, 5.41) is 10.4. The molecule has 0 radical (unpaired) electrons. The van der Waals surface area contributed by atoms with Crippen molar-refractivity contribution >= 4 is 17.3 Å². The minimum Gasteiger partial charge on any atom is -0.356 e. The Hall–Kier alpha value is -1.14. The molecule has 6 heteroatoms. The fraction of sp³-hybridized carbons (Fsp3) is 0.778. The Bertz CT molecular complexity index is 503. The second-order valence-corrected chi connectivity index (χ2v) is 7.83. The number of hydrogen-bond acceptors (Lipinski definition) is 4. The maximum atomic E-state index is 4.51. The number of likely N-dealkylation sites (tertiary alicyclic amines) is 1. The lowest BCUT2D eigenvalue weighted by Gasteiger charge is -2.35. The Morgan fingerprint density at radius 2 is 2.12 bits per heavy atom. The quantitative estimate of drug-likeness (QED) is 0.451. The summed E-state index contributed by atoms with van der Waals surface area (Å²) in [5.41, 5.74) is 1.14. The van der Waals surface area contributed by atoms with Gasteiger partial charge in [-0.25, -0.2) is 4.98 Å². The van der Waals surface area contributed by atoms with Crippen LogP contribution in [0.15, 0.2) is 10.4 Å². The summed E-state index contributed by atoms with van der Waals surface area (Å²) in [7, 11) is 1.86. The van der Waals surface area contributed by atoms with E-state index in [1.807, 2.05) is 7.05 Å². The molecule has 1 aliphatic heterocycles. The van der Waals surface area contributed by atoms with Crippen LogP contribution in [-0.4, -0.2) is 54.6 Å². The van der Waals surface area contributed by atoms with E-state index in [4.69, 9.17) is 0 Å². The van der Waals surface area contributed by atoms with Gasteiger partial charge in [0.05, 0.1) is 5.01 Å². The number of rotatable bonds is 7. The normalized spacial score (nSPS) is 17.5. The van der Waals surface area contributed by atoms with Crippen LogP contribution in [0.3, 0.4) is 0 Å². The van der Waals surface area contributed by atoms with Crippen LogP contribution in [0.5, 0.6) is 0 Å². The first-order valence-electron chi connectivity index (χ1n) is 9.20. The van der Waals surface area contributed by atoms with Crippen LogP contribution in [0.25, 0.3) is 0 Å². The van der Waals surface area contributed by atoms with Gasteiger partial charge in [0.2, 0.25) is 0 Å². The fourth-order valence-electron chi connectivity index (χ4n) is 3.07. The molecule has 2 N–H and O–H groups in total. The molecule has 2 heterocycles. The lowest BCUT2D eigenvalue weighted by molar-refractivity contribution is 0.167. The number of nitrogens with one attached hydrogen (secondary N) is 2. The van der Waals surface area contributed by atoms with Gasteiger partial charge in [-0.05, 0) is 52.9 Å². The molecule has 0 spiro atoms. The molecule has 1 saturated heterocycles. The number of piperidine rings is 1. The van der Waals surface area contributed by atoms with E-state index in [9.17, 15) is 0 Å². The zero-order valence-electron chi connectivity index (χ0n) is 15.6. The van der Waals surface area contributed by atoms with Crippen molar-refractivity contribution in [3.63, 3.8) is 0 Å². The molecule has 1 aromatic rings. The van der Waals surface area contributed by atoms with Gasteiger partial charge >= 0.3 is 0 Å². The molecule has 24 heavy (non-hydrogen) atoms.